The lowest BCUT2D eigenvalue weighted by Gasteiger charge is -2.34. The number of amides is 2. The average molecular weight is 312 g/mol. The molecule has 0 unspecified atom stereocenters. The first-order chi connectivity index (χ1) is 9.50. The van der Waals surface area contributed by atoms with E-state index in [1.54, 1.807) is 38.4 Å². The summed E-state index contributed by atoms with van der Waals surface area (Å²) in [5, 5.41) is 3.26. The van der Waals surface area contributed by atoms with E-state index in [-0.39, 0.29) is 30.3 Å². The number of benzene rings is 1. The summed E-state index contributed by atoms with van der Waals surface area (Å²) in [5.74, 6) is -0.0256. The summed E-state index contributed by atoms with van der Waals surface area (Å²) in [5.41, 5.74) is 1.23. The summed E-state index contributed by atoms with van der Waals surface area (Å²) in [6.07, 6.45) is 0. The molecule has 1 fully saturated rings. The highest BCUT2D eigenvalue weighted by atomic mass is 35.5. The number of carbonyl (C=O) groups is 2. The lowest BCUT2D eigenvalue weighted by Crippen LogP contribution is -2.52. The number of hydrogen-bond acceptors (Lipinski definition) is 3. The average Bonchev–Trinajstić information content (AvgIpc) is 2.46. The summed E-state index contributed by atoms with van der Waals surface area (Å²) in [7, 11) is 3.42. The minimum absolute atomic E-state index is 0. The largest absolute Gasteiger partial charge is 0.345 e. The zero-order chi connectivity index (χ0) is 14.7. The number of carbonyl (C=O) groups excluding carboxylic acids is 2. The summed E-state index contributed by atoms with van der Waals surface area (Å²) in [4.78, 5) is 27.6. The van der Waals surface area contributed by atoms with Crippen molar-refractivity contribution in [1.82, 2.24) is 15.1 Å². The molecule has 0 aliphatic carbocycles. The van der Waals surface area contributed by atoms with Crippen molar-refractivity contribution < 1.29 is 9.59 Å². The molecule has 1 saturated heterocycles. The van der Waals surface area contributed by atoms with Crippen molar-refractivity contribution in [3.8, 4) is 0 Å². The second kappa shape index (κ2) is 7.43. The maximum atomic E-state index is 12.4. The summed E-state index contributed by atoms with van der Waals surface area (Å²) >= 11 is 0. The zero-order valence-corrected chi connectivity index (χ0v) is 13.4. The van der Waals surface area contributed by atoms with Crippen LogP contribution in [0.3, 0.4) is 0 Å². The van der Waals surface area contributed by atoms with Gasteiger partial charge in [-0.05, 0) is 31.2 Å². The molecule has 0 aromatic heterocycles. The molecule has 0 bridgehead atoms. The minimum atomic E-state index is -0.0560. The Bertz CT molecular complexity index is 502. The fourth-order valence-corrected chi connectivity index (χ4v) is 2.32. The van der Waals surface area contributed by atoms with Crippen molar-refractivity contribution >= 4 is 24.2 Å². The van der Waals surface area contributed by atoms with Crippen molar-refractivity contribution in [2.45, 2.75) is 13.0 Å². The number of hydrogen-bond donors (Lipinski definition) is 1. The molecule has 0 saturated carbocycles. The first-order valence-corrected chi connectivity index (χ1v) is 6.84. The zero-order valence-electron chi connectivity index (χ0n) is 12.6. The van der Waals surface area contributed by atoms with E-state index in [2.05, 4.69) is 5.32 Å². The normalized spacial score (nSPS) is 17.9. The van der Waals surface area contributed by atoms with Gasteiger partial charge in [-0.15, -0.1) is 12.4 Å². The van der Waals surface area contributed by atoms with Gasteiger partial charge < -0.3 is 15.1 Å². The molecule has 1 heterocycles. The van der Waals surface area contributed by atoms with Gasteiger partial charge in [0.15, 0.2) is 0 Å². The van der Waals surface area contributed by atoms with E-state index in [0.717, 1.165) is 19.6 Å². The summed E-state index contributed by atoms with van der Waals surface area (Å²) in [6, 6.07) is 7.08. The second-order valence-electron chi connectivity index (χ2n) is 5.33. The molecule has 116 valence electrons. The monoisotopic (exact) mass is 311 g/mol. The van der Waals surface area contributed by atoms with Gasteiger partial charge in [-0.25, -0.2) is 0 Å². The lowest BCUT2D eigenvalue weighted by molar-refractivity contribution is 0.0655. The molecule has 1 aromatic carbocycles. The maximum absolute atomic E-state index is 12.4. The number of halogens is 1. The minimum Gasteiger partial charge on any atom is -0.345 e. The van der Waals surface area contributed by atoms with E-state index in [1.807, 2.05) is 11.8 Å². The summed E-state index contributed by atoms with van der Waals surface area (Å²) < 4.78 is 0. The highest BCUT2D eigenvalue weighted by molar-refractivity contribution is 5.97. The highest BCUT2D eigenvalue weighted by Gasteiger charge is 2.24. The van der Waals surface area contributed by atoms with E-state index in [0.29, 0.717) is 11.1 Å². The molecule has 0 spiro atoms. The number of nitrogens with one attached hydrogen (secondary N) is 1. The van der Waals surface area contributed by atoms with Crippen LogP contribution in [0, 0.1) is 0 Å². The van der Waals surface area contributed by atoms with E-state index in [1.165, 1.54) is 4.90 Å². The SMILES string of the molecule is C[C@H]1CNCCN1C(=O)c1ccc(C(=O)N(C)C)cc1.Cl. The van der Waals surface area contributed by atoms with Crippen LogP contribution in [-0.2, 0) is 0 Å². The number of rotatable bonds is 2. The first-order valence-electron chi connectivity index (χ1n) is 6.84. The van der Waals surface area contributed by atoms with Crippen LogP contribution in [0.4, 0.5) is 0 Å². The number of nitrogens with zero attached hydrogens (tertiary/aromatic N) is 2. The van der Waals surface area contributed by atoms with Gasteiger partial charge in [0.25, 0.3) is 11.8 Å². The van der Waals surface area contributed by atoms with Crippen LogP contribution in [-0.4, -0.2) is 61.4 Å². The van der Waals surface area contributed by atoms with Crippen LogP contribution in [0.2, 0.25) is 0 Å². The van der Waals surface area contributed by atoms with E-state index >= 15 is 0 Å². The predicted octanol–water partition coefficient (Wildman–Crippen LogP) is 1.24. The standard InChI is InChI=1S/C15H21N3O2.ClH/c1-11-10-16-8-9-18(11)15(20)13-6-4-12(5-7-13)14(19)17(2)3;/h4-7,11,16H,8-10H2,1-3H3;1H/t11-;/m0./s1. The van der Waals surface area contributed by atoms with Crippen LogP contribution in [0.5, 0.6) is 0 Å². The molecular weight excluding hydrogens is 290 g/mol. The molecule has 1 atom stereocenters. The van der Waals surface area contributed by atoms with Crippen LogP contribution in [0.1, 0.15) is 27.6 Å². The van der Waals surface area contributed by atoms with Crippen LogP contribution < -0.4 is 5.32 Å². The molecule has 2 amide bonds. The number of piperazine rings is 1. The van der Waals surface area contributed by atoms with Crippen molar-refractivity contribution in [3.05, 3.63) is 35.4 Å². The second-order valence-corrected chi connectivity index (χ2v) is 5.33. The van der Waals surface area contributed by atoms with Crippen molar-refractivity contribution in [1.29, 1.82) is 0 Å². The van der Waals surface area contributed by atoms with Gasteiger partial charge in [0.2, 0.25) is 0 Å². The van der Waals surface area contributed by atoms with Gasteiger partial charge in [0.1, 0.15) is 0 Å². The van der Waals surface area contributed by atoms with Gasteiger partial charge in [0.05, 0.1) is 0 Å². The highest BCUT2D eigenvalue weighted by Crippen LogP contribution is 2.12. The maximum Gasteiger partial charge on any atom is 0.254 e. The molecule has 2 rings (SSSR count). The van der Waals surface area contributed by atoms with Crippen molar-refractivity contribution in [3.63, 3.8) is 0 Å². The molecule has 0 radical (unpaired) electrons. The Hall–Kier alpha value is -1.59. The van der Waals surface area contributed by atoms with Gasteiger partial charge in [-0.2, -0.15) is 0 Å². The van der Waals surface area contributed by atoms with Gasteiger partial charge in [0, 0.05) is 50.9 Å². The molecule has 1 N–H and O–H groups in total. The lowest BCUT2D eigenvalue weighted by atomic mass is 10.1. The van der Waals surface area contributed by atoms with Gasteiger partial charge in [-0.1, -0.05) is 0 Å². The van der Waals surface area contributed by atoms with Crippen LogP contribution >= 0.6 is 12.4 Å². The molecule has 1 aliphatic heterocycles. The van der Waals surface area contributed by atoms with Gasteiger partial charge in [-0.3, -0.25) is 9.59 Å². The molecule has 21 heavy (non-hydrogen) atoms. The molecular formula is C15H22ClN3O2. The molecule has 1 aromatic rings. The topological polar surface area (TPSA) is 52.7 Å². The Kier molecular flexibility index (Phi) is 6.18. The molecule has 1 aliphatic rings. The third-order valence-electron chi connectivity index (χ3n) is 3.55. The van der Waals surface area contributed by atoms with Gasteiger partial charge >= 0.3 is 0 Å². The molecule has 6 heteroatoms. The molecule has 5 nitrogen and oxygen atoms in total. The Labute approximate surface area is 131 Å². The first kappa shape index (κ1) is 17.5. The Balaban J connectivity index is 0.00000220. The quantitative estimate of drug-likeness (QED) is 0.894. The van der Waals surface area contributed by atoms with Crippen LogP contribution in [0.25, 0.3) is 0 Å². The van der Waals surface area contributed by atoms with Crippen molar-refractivity contribution in [2.24, 2.45) is 0 Å². The Morgan fingerprint density at radius 1 is 1.19 bits per heavy atom. The van der Waals surface area contributed by atoms with E-state index in [9.17, 15) is 9.59 Å². The third-order valence-corrected chi connectivity index (χ3v) is 3.55. The smallest absolute Gasteiger partial charge is 0.254 e. The fourth-order valence-electron chi connectivity index (χ4n) is 2.32. The fraction of sp³-hybridized carbons (Fsp3) is 0.467. The third kappa shape index (κ3) is 3.95. The Morgan fingerprint density at radius 2 is 1.76 bits per heavy atom. The van der Waals surface area contributed by atoms with E-state index in [4.69, 9.17) is 0 Å². The van der Waals surface area contributed by atoms with Crippen molar-refractivity contribution in [2.75, 3.05) is 33.7 Å². The Morgan fingerprint density at radius 3 is 2.29 bits per heavy atom. The van der Waals surface area contributed by atoms with Crippen LogP contribution in [0.15, 0.2) is 24.3 Å². The van der Waals surface area contributed by atoms with E-state index < -0.39 is 0 Å². The summed E-state index contributed by atoms with van der Waals surface area (Å²) in [6.45, 7) is 4.41. The predicted molar refractivity (Wildman–Crippen MR) is 85.1 cm³/mol.